The van der Waals surface area contributed by atoms with Gasteiger partial charge in [-0.25, -0.2) is 26.4 Å². The van der Waals surface area contributed by atoms with E-state index in [9.17, 15) is 41.1 Å². The standard InChI is InChI=1S/C11H18O2.C10H4O3.C9H8O2S.2C9H8O.C8H7N.C8H14O4.C8H12O2.C8H12O.C7H11NO2S.C7H13NO.C7H5N.C4H4O.C4H6/c1-3-5-6-7-9-10(8-4-2)11(12)13;1-2-6-3-4-7-8(5-6)10(12)13-9(7)11;1-3-12(10,11)9-6-4-8(2)5-7-9;1-2-8-3-5-9(7-10)6-4-8;1-2-9(10)8-6-4-3-5-7-8;1-2-7-3-5-8(9)6-4-7;9-3-7-11-5-1-2-6-12-8-4-10;1-2-6-9-8-5-3-4-7-10-8;1-2-8(9)6-4-3-5-7-8;1-2-3-8-4-6-11(9,10)7-5-8;1-3-8(4-2)6-5-7-9;1-2-7-4-3-5-8-6-7;1-3-4(2)5;1-3-4-2/h2,10H,3,5-9H2,1H3,(H,12,13);1,3-5H;1,4-7H,2H3;1,3-6,10H,7H2;1,3-7,9-10H;1,3-6H,9H2;9-10H,3-8H2;1,8H,3-7H2;1,9H,3-7H2;1H,3-7H2;9H,3-4,7H2,1-2H3;1,3-6H;1H,2H3;1-2H3. The summed E-state index contributed by atoms with van der Waals surface area (Å²) in [6.07, 6.45) is 71.6. The Hall–Kier alpha value is -13.6. The second-order valence-electron chi connectivity index (χ2n) is 27.8. The number of anilines is 1. The normalized spacial score (nSPS) is 13.2. The van der Waals surface area contributed by atoms with E-state index in [0.717, 1.165) is 117 Å². The summed E-state index contributed by atoms with van der Waals surface area (Å²) in [5.41, 5.74) is 11.7. The van der Waals surface area contributed by atoms with Crippen molar-refractivity contribution in [3.05, 3.63) is 196 Å². The van der Waals surface area contributed by atoms with E-state index < -0.39 is 49.3 Å². The fourth-order valence-corrected chi connectivity index (χ4v) is 11.9. The number of carbonyl (C=O) groups excluding carboxylic acids is 3. The number of unbranched alkanes of at least 4 members (excludes halogenated alkanes) is 3. The second-order valence-corrected chi connectivity index (χ2v) is 31.9. The number of pyridine rings is 1. The largest absolute Gasteiger partial charge is 0.481 e. The summed E-state index contributed by atoms with van der Waals surface area (Å²) in [7, 11) is -6.23. The minimum absolute atomic E-state index is 0.0166. The van der Waals surface area contributed by atoms with Gasteiger partial charge in [-0.15, -0.1) is 88.4 Å². The predicted octanol–water partition coefficient (Wildman–Crippen LogP) is 12.2. The number of fused-ring (bicyclic) bond motifs is 1. The highest BCUT2D eigenvalue weighted by Crippen LogP contribution is 2.27. The number of esters is 2. The van der Waals surface area contributed by atoms with E-state index in [0.29, 0.717) is 64.7 Å². The lowest BCUT2D eigenvalue weighted by Crippen LogP contribution is -2.40. The first-order valence-electron chi connectivity index (χ1n) is 42.8. The molecule has 4 aliphatic rings. The third-order valence-corrected chi connectivity index (χ3v) is 20.4. The van der Waals surface area contributed by atoms with Crippen LogP contribution in [0.3, 0.4) is 0 Å². The van der Waals surface area contributed by atoms with Crippen LogP contribution in [0.1, 0.15) is 197 Å². The van der Waals surface area contributed by atoms with Gasteiger partial charge < -0.3 is 70.1 Å². The quantitative estimate of drug-likeness (QED) is 0.00485. The zero-order valence-electron chi connectivity index (χ0n) is 78.5. The van der Waals surface area contributed by atoms with Crippen molar-refractivity contribution in [2.24, 2.45) is 5.92 Å². The van der Waals surface area contributed by atoms with Gasteiger partial charge in [0.05, 0.1) is 73.0 Å². The molecule has 3 fully saturated rings. The number of aliphatic hydroxyl groups is 6. The SMILES string of the molecule is C#CC(C)=O.C#CC(O)c1ccccc1.C#CC1(O)CCCCC1.C#CCC(CCCCCC)C(=O)O.C#CCN1CCS(=O)(=O)CC1.C#CCOC1CCCCO1.C#CS(=O)(=O)c1ccc(C)cc1.C#Cc1ccc(CO)cc1.C#Cc1ccc(N)cc1.C#Cc1ccc2c(c1)C(=O)OC2=O.C#Cc1cccnc1.CC#CC.CCN(C#CCO)CC.OCCOCC#CCOCCO. The molecule has 26 heteroatoms. The summed E-state index contributed by atoms with van der Waals surface area (Å²) < 4.78 is 68.5. The van der Waals surface area contributed by atoms with Crippen molar-refractivity contribution in [3.63, 3.8) is 0 Å². The molecule has 9 N–H and O–H groups in total. The van der Waals surface area contributed by atoms with E-state index in [-0.39, 0.29) is 71.9 Å². The Kier molecular flexibility index (Phi) is 80.1. The number of hydrogen-bond acceptors (Lipinski definition) is 23. The van der Waals surface area contributed by atoms with Gasteiger partial charge in [-0.1, -0.05) is 164 Å². The summed E-state index contributed by atoms with van der Waals surface area (Å²) in [6.45, 7) is 19.1. The molecule has 1 saturated carbocycles. The number of nitrogens with two attached hydrogens (primary N) is 1. The van der Waals surface area contributed by atoms with Gasteiger partial charge in [-0.3, -0.25) is 19.5 Å². The fraction of sp³-hybridized carbons (Fsp3) is 0.385. The monoisotopic (exact) mass is 1880 g/mol. The third kappa shape index (κ3) is 69.9. The van der Waals surface area contributed by atoms with Gasteiger partial charge in [0.25, 0.3) is 0 Å². The molecule has 1 aliphatic carbocycles. The predicted molar refractivity (Wildman–Crippen MR) is 535 cm³/mol. The van der Waals surface area contributed by atoms with E-state index in [1.165, 1.54) is 56.9 Å². The highest BCUT2D eigenvalue weighted by atomic mass is 32.2. The summed E-state index contributed by atoms with van der Waals surface area (Å²) in [5.74, 6) is 35.0. The molecule has 10 rings (SSSR count). The second kappa shape index (κ2) is 84.7. The number of rotatable bonds is 21. The summed E-state index contributed by atoms with van der Waals surface area (Å²) in [5, 5.41) is 62.6. The first-order chi connectivity index (χ1) is 64.7. The molecule has 1 aromatic heterocycles. The summed E-state index contributed by atoms with van der Waals surface area (Å²) in [6, 6.07) is 41.1. The van der Waals surface area contributed by atoms with Gasteiger partial charge in [0, 0.05) is 97.8 Å². The van der Waals surface area contributed by atoms with Gasteiger partial charge in [0.1, 0.15) is 38.1 Å². The Bertz CT molecular complexity index is 5230. The lowest BCUT2D eigenvalue weighted by atomic mass is 9.86. The number of aryl methyl sites for hydroxylation is 1. The molecule has 0 radical (unpaired) electrons. The number of ether oxygens (including phenoxy) is 5. The van der Waals surface area contributed by atoms with Crippen LogP contribution in [0.15, 0.2) is 151 Å². The number of aliphatic hydroxyl groups excluding tert-OH is 5. The van der Waals surface area contributed by atoms with Gasteiger partial charge >= 0.3 is 17.9 Å². The molecule has 2 saturated heterocycles. The molecule has 0 bridgehead atoms. The molecular weight excluding hydrogens is 1750 g/mol. The lowest BCUT2D eigenvalue weighted by molar-refractivity contribution is -0.154. The maximum Gasteiger partial charge on any atom is 0.346 e. The van der Waals surface area contributed by atoms with Crippen LogP contribution < -0.4 is 5.73 Å². The number of sulfone groups is 2. The van der Waals surface area contributed by atoms with Crippen molar-refractivity contribution in [1.82, 2.24) is 14.8 Å². The smallest absolute Gasteiger partial charge is 0.346 e. The number of benzene rings is 5. The molecular formula is C109H130N4O20S2. The van der Waals surface area contributed by atoms with E-state index in [1.54, 1.807) is 60.1 Å². The fourth-order valence-electron chi connectivity index (χ4n) is 10.0. The van der Waals surface area contributed by atoms with Crippen LogP contribution in [-0.2, 0) is 59.6 Å². The Morgan fingerprint density at radius 1 is 0.659 bits per heavy atom. The zero-order chi connectivity index (χ0) is 102. The van der Waals surface area contributed by atoms with E-state index in [1.807, 2.05) is 117 Å². The number of cyclic esters (lactones) is 2. The van der Waals surface area contributed by atoms with Crippen LogP contribution in [0.25, 0.3) is 0 Å². The highest BCUT2D eigenvalue weighted by molar-refractivity contribution is 7.96. The van der Waals surface area contributed by atoms with Gasteiger partial charge in [0.15, 0.2) is 16.1 Å². The number of nitrogen functional groups attached to an aromatic ring is 1. The summed E-state index contributed by atoms with van der Waals surface area (Å²) in [4.78, 5) is 50.2. The van der Waals surface area contributed by atoms with Crippen molar-refractivity contribution < 1.29 is 95.4 Å². The highest BCUT2D eigenvalue weighted by Gasteiger charge is 2.30. The number of carboxylic acids is 1. The maximum atomic E-state index is 11.1. The number of nitrogens with zero attached hydrogens (tertiary/aromatic N) is 3. The van der Waals surface area contributed by atoms with Crippen molar-refractivity contribution in [3.8, 4) is 171 Å². The molecule has 6 aromatic rings. The van der Waals surface area contributed by atoms with Crippen molar-refractivity contribution in [1.29, 1.82) is 0 Å². The van der Waals surface area contributed by atoms with Crippen LogP contribution in [0.2, 0.25) is 0 Å². The number of hydrogen-bond donors (Lipinski definition) is 8. The first-order valence-corrected chi connectivity index (χ1v) is 46.1. The Balaban J connectivity index is -0.000000689. The third-order valence-electron chi connectivity index (χ3n) is 17.6. The lowest BCUT2D eigenvalue weighted by Gasteiger charge is -2.26. The van der Waals surface area contributed by atoms with E-state index in [4.69, 9.17) is 120 Å². The van der Waals surface area contributed by atoms with Gasteiger partial charge in [-0.05, 0) is 182 Å². The molecule has 24 nitrogen and oxygen atoms in total. The maximum absolute atomic E-state index is 11.1. The zero-order valence-corrected chi connectivity index (χ0v) is 80.2. The van der Waals surface area contributed by atoms with Crippen LogP contribution in [0.5, 0.6) is 0 Å². The Labute approximate surface area is 804 Å². The van der Waals surface area contributed by atoms with Crippen molar-refractivity contribution in [2.75, 3.05) is 109 Å². The summed E-state index contributed by atoms with van der Waals surface area (Å²) >= 11 is 0. The van der Waals surface area contributed by atoms with E-state index in [2.05, 4.69) is 112 Å². The minimum Gasteiger partial charge on any atom is -0.481 e. The molecule has 3 unspecified atom stereocenters. The molecule has 135 heavy (non-hydrogen) atoms. The number of carboxylic acid groups (broad SMARTS) is 1. The molecule has 3 aliphatic heterocycles. The van der Waals surface area contributed by atoms with E-state index >= 15 is 0 Å². The van der Waals surface area contributed by atoms with Crippen molar-refractivity contribution in [2.45, 2.75) is 168 Å². The molecule has 0 amide bonds. The van der Waals surface area contributed by atoms with Crippen LogP contribution >= 0.6 is 0 Å². The molecule has 718 valence electrons. The number of carbonyl (C=O) groups is 4. The number of ketones is 1. The number of aliphatic carboxylic acids is 1. The number of Topliss-reactive ketones (excluding diaryl/α,β-unsaturated/α-hetero) is 1. The number of aromatic nitrogens is 1. The van der Waals surface area contributed by atoms with Crippen LogP contribution in [0, 0.1) is 184 Å². The number of terminal acetylenes is 11. The van der Waals surface area contributed by atoms with Crippen LogP contribution in [0.4, 0.5) is 5.69 Å². The molecule has 0 spiro atoms. The average molecular weight is 1880 g/mol. The van der Waals surface area contributed by atoms with Gasteiger partial charge in [0.2, 0.25) is 15.6 Å². The molecule has 5 aromatic carbocycles. The Morgan fingerprint density at radius 2 is 1.21 bits per heavy atom. The minimum atomic E-state index is -3.49. The molecule has 3 atom stereocenters. The van der Waals surface area contributed by atoms with Crippen LogP contribution in [-0.4, -0.2) is 207 Å². The topological polar surface area (TPSA) is 370 Å². The van der Waals surface area contributed by atoms with Crippen molar-refractivity contribution >= 4 is 49.1 Å². The first kappa shape index (κ1) is 128. The van der Waals surface area contributed by atoms with Gasteiger partial charge in [-0.2, -0.15) is 0 Å². The molecule has 4 heterocycles. The Morgan fingerprint density at radius 3 is 1.62 bits per heavy atom. The average Bonchev–Trinajstić information content (AvgIpc) is 1.65.